The number of nitro benzene ring substituents is 1. The third-order valence-corrected chi connectivity index (χ3v) is 6.06. The van der Waals surface area contributed by atoms with Crippen LogP contribution >= 0.6 is 31.9 Å². The number of nitrogens with one attached hydrogen (secondary N) is 1. The van der Waals surface area contributed by atoms with E-state index in [1.54, 1.807) is 12.1 Å². The zero-order valence-corrected chi connectivity index (χ0v) is 23.1. The number of carbonyl (C=O) groups excluding carboxylic acids is 1. The lowest BCUT2D eigenvalue weighted by Crippen LogP contribution is -2.17. The monoisotopic (exact) mass is 671 g/mol. The van der Waals surface area contributed by atoms with Crippen LogP contribution in [0.3, 0.4) is 0 Å². The molecule has 9 nitrogen and oxygen atoms in total. The molecule has 1 N–H and O–H groups in total. The van der Waals surface area contributed by atoms with Gasteiger partial charge in [0.1, 0.15) is 6.61 Å². The maximum Gasteiger partial charge on any atom is 0.416 e. The van der Waals surface area contributed by atoms with Crippen LogP contribution in [-0.4, -0.2) is 30.8 Å². The lowest BCUT2D eigenvalue weighted by atomic mass is 10.2. The van der Waals surface area contributed by atoms with E-state index in [-0.39, 0.29) is 23.7 Å². The highest BCUT2D eigenvalue weighted by Crippen LogP contribution is 2.42. The molecular weight excluding hydrogens is 655 g/mol. The molecule has 0 spiro atoms. The van der Waals surface area contributed by atoms with Crippen molar-refractivity contribution in [2.24, 2.45) is 5.10 Å². The largest absolute Gasteiger partial charge is 0.493 e. The predicted molar refractivity (Wildman–Crippen MR) is 144 cm³/mol. The van der Waals surface area contributed by atoms with E-state index in [2.05, 4.69) is 49.0 Å². The summed E-state index contributed by atoms with van der Waals surface area (Å²) < 4.78 is 55.8. The van der Waals surface area contributed by atoms with Crippen molar-refractivity contribution in [3.8, 4) is 23.0 Å². The van der Waals surface area contributed by atoms with Crippen LogP contribution in [0.4, 0.5) is 18.9 Å². The Bertz CT molecular complexity index is 1420. The van der Waals surface area contributed by atoms with E-state index in [9.17, 15) is 28.1 Å². The summed E-state index contributed by atoms with van der Waals surface area (Å²) in [5, 5.41) is 15.3. The van der Waals surface area contributed by atoms with Crippen LogP contribution in [0.2, 0.25) is 0 Å². The first-order valence-corrected chi connectivity index (χ1v) is 12.3. The summed E-state index contributed by atoms with van der Waals surface area (Å²) in [6.45, 7) is 3.84. The molecule has 3 rings (SSSR count). The molecule has 0 unspecified atom stereocenters. The average Bonchev–Trinajstić information content (AvgIpc) is 2.88. The standard InChI is InChI=1S/C25H18Br2F3N3O6/c1-3-8-38-21-6-4-15(11-22(21)37-2)24(34)32-31-13-14-9-17(26)23(18(27)10-14)39-20-7-5-16(25(28,29)30)12-19(20)33(35)36/h3-7,9-13H,1,8H2,2H3,(H,32,34)/b31-13+. The van der Waals surface area contributed by atoms with Gasteiger partial charge in [0.15, 0.2) is 17.2 Å². The Balaban J connectivity index is 1.76. The Labute approximate surface area is 236 Å². The molecule has 0 saturated heterocycles. The lowest BCUT2D eigenvalue weighted by molar-refractivity contribution is -0.385. The molecule has 0 saturated carbocycles. The fourth-order valence-electron chi connectivity index (χ4n) is 3.09. The number of alkyl halides is 3. The van der Waals surface area contributed by atoms with Crippen LogP contribution in [0, 0.1) is 10.1 Å². The molecule has 3 aromatic carbocycles. The summed E-state index contributed by atoms with van der Waals surface area (Å²) in [4.78, 5) is 22.9. The summed E-state index contributed by atoms with van der Waals surface area (Å²) in [6.07, 6.45) is -1.85. The minimum absolute atomic E-state index is 0.0740. The van der Waals surface area contributed by atoms with E-state index in [0.29, 0.717) is 38.1 Å². The lowest BCUT2D eigenvalue weighted by Gasteiger charge is -2.13. The van der Waals surface area contributed by atoms with Crippen LogP contribution < -0.4 is 19.6 Å². The zero-order chi connectivity index (χ0) is 28.7. The molecule has 0 radical (unpaired) electrons. The molecule has 0 atom stereocenters. The van der Waals surface area contributed by atoms with Crippen molar-refractivity contribution >= 4 is 49.7 Å². The molecule has 14 heteroatoms. The number of ether oxygens (including phenoxy) is 3. The Hall–Kier alpha value is -3.91. The number of methoxy groups -OCH3 is 1. The smallest absolute Gasteiger partial charge is 0.416 e. The SMILES string of the molecule is C=CCOc1ccc(C(=O)N/N=C/c2cc(Br)c(Oc3ccc(C(F)(F)F)cc3[N+](=O)[O-])c(Br)c2)cc1OC. The molecule has 0 aliphatic heterocycles. The number of hydrogen-bond acceptors (Lipinski definition) is 7. The highest BCUT2D eigenvalue weighted by atomic mass is 79.9. The maximum absolute atomic E-state index is 13.0. The molecule has 204 valence electrons. The number of amides is 1. The Morgan fingerprint density at radius 2 is 1.77 bits per heavy atom. The maximum atomic E-state index is 13.0. The van der Waals surface area contributed by atoms with Gasteiger partial charge >= 0.3 is 11.9 Å². The van der Waals surface area contributed by atoms with Crippen molar-refractivity contribution in [1.82, 2.24) is 5.43 Å². The third kappa shape index (κ3) is 7.57. The van der Waals surface area contributed by atoms with E-state index in [4.69, 9.17) is 14.2 Å². The fraction of sp³-hybridized carbons (Fsp3) is 0.120. The van der Waals surface area contributed by atoms with Crippen molar-refractivity contribution < 1.29 is 37.1 Å². The summed E-state index contributed by atoms with van der Waals surface area (Å²) >= 11 is 6.55. The highest BCUT2D eigenvalue weighted by Gasteiger charge is 2.33. The molecule has 0 aliphatic carbocycles. The number of carbonyl (C=O) groups is 1. The van der Waals surface area contributed by atoms with Crippen LogP contribution in [-0.2, 0) is 6.18 Å². The molecule has 0 heterocycles. The van der Waals surface area contributed by atoms with Crippen LogP contribution in [0.15, 0.2) is 75.2 Å². The number of nitrogens with zero attached hydrogens (tertiary/aromatic N) is 2. The van der Waals surface area contributed by atoms with Gasteiger partial charge in [0, 0.05) is 11.6 Å². The van der Waals surface area contributed by atoms with Crippen molar-refractivity contribution in [3.63, 3.8) is 0 Å². The van der Waals surface area contributed by atoms with Gasteiger partial charge in [0.25, 0.3) is 5.91 Å². The third-order valence-electron chi connectivity index (χ3n) is 4.88. The number of rotatable bonds is 10. The quantitative estimate of drug-likeness (QED) is 0.105. The van der Waals surface area contributed by atoms with Gasteiger partial charge in [0.05, 0.1) is 32.8 Å². The van der Waals surface area contributed by atoms with Gasteiger partial charge in [0.2, 0.25) is 5.75 Å². The fourth-order valence-corrected chi connectivity index (χ4v) is 4.47. The average molecular weight is 673 g/mol. The van der Waals surface area contributed by atoms with Gasteiger partial charge in [-0.2, -0.15) is 18.3 Å². The number of hydrazone groups is 1. The number of halogens is 5. The van der Waals surface area contributed by atoms with Crippen LogP contribution in [0.5, 0.6) is 23.0 Å². The second-order valence-electron chi connectivity index (χ2n) is 7.52. The van der Waals surface area contributed by atoms with Gasteiger partial charge in [-0.15, -0.1) is 0 Å². The van der Waals surface area contributed by atoms with E-state index in [1.165, 1.54) is 37.6 Å². The van der Waals surface area contributed by atoms with Gasteiger partial charge in [-0.25, -0.2) is 5.43 Å². The van der Waals surface area contributed by atoms with Crippen molar-refractivity contribution in [2.45, 2.75) is 6.18 Å². The predicted octanol–water partition coefficient (Wildman–Crippen LogP) is 7.27. The molecule has 3 aromatic rings. The topological polar surface area (TPSA) is 112 Å². The van der Waals surface area contributed by atoms with Gasteiger partial charge in [-0.3, -0.25) is 14.9 Å². The molecule has 39 heavy (non-hydrogen) atoms. The molecule has 0 aromatic heterocycles. The van der Waals surface area contributed by atoms with Gasteiger partial charge in [-0.05, 0) is 79.9 Å². The molecule has 0 aliphatic rings. The number of nitro groups is 1. The summed E-state index contributed by atoms with van der Waals surface area (Å²) in [5.41, 5.74) is 1.10. The van der Waals surface area contributed by atoms with Crippen molar-refractivity contribution in [2.75, 3.05) is 13.7 Å². The normalized spacial score (nSPS) is 11.2. The first-order valence-electron chi connectivity index (χ1n) is 10.7. The summed E-state index contributed by atoms with van der Waals surface area (Å²) in [5.74, 6) is -0.0434. The minimum Gasteiger partial charge on any atom is -0.493 e. The Kier molecular flexibility index (Phi) is 9.70. The van der Waals surface area contributed by atoms with Gasteiger partial charge in [-0.1, -0.05) is 12.7 Å². The molecule has 0 bridgehead atoms. The second kappa shape index (κ2) is 12.8. The van der Waals surface area contributed by atoms with Crippen molar-refractivity contribution in [1.29, 1.82) is 0 Å². The number of benzene rings is 3. The number of hydrogen-bond donors (Lipinski definition) is 1. The summed E-state index contributed by atoms with van der Waals surface area (Å²) in [6, 6.07) is 9.62. The van der Waals surface area contributed by atoms with E-state index in [0.717, 1.165) is 6.07 Å². The second-order valence-corrected chi connectivity index (χ2v) is 9.23. The van der Waals surface area contributed by atoms with E-state index >= 15 is 0 Å². The first kappa shape index (κ1) is 29.6. The van der Waals surface area contributed by atoms with Crippen molar-refractivity contribution in [3.05, 3.63) is 96.9 Å². The first-order chi connectivity index (χ1) is 18.4. The molecule has 1 amide bonds. The summed E-state index contributed by atoms with van der Waals surface area (Å²) in [7, 11) is 1.44. The molecular formula is C25H18Br2F3N3O6. The highest BCUT2D eigenvalue weighted by molar-refractivity contribution is 9.11. The van der Waals surface area contributed by atoms with E-state index < -0.39 is 28.3 Å². The van der Waals surface area contributed by atoms with E-state index in [1.807, 2.05) is 0 Å². The molecule has 0 fully saturated rings. The van der Waals surface area contributed by atoms with Crippen LogP contribution in [0.1, 0.15) is 21.5 Å². The van der Waals surface area contributed by atoms with Gasteiger partial charge < -0.3 is 14.2 Å². The zero-order valence-electron chi connectivity index (χ0n) is 19.9. The Morgan fingerprint density at radius 1 is 1.10 bits per heavy atom. The Morgan fingerprint density at radius 3 is 2.36 bits per heavy atom. The minimum atomic E-state index is -4.75. The van der Waals surface area contributed by atoms with Crippen LogP contribution in [0.25, 0.3) is 0 Å².